The molecule has 0 heterocycles. The average molecular weight is 208 g/mol. The molecule has 0 atom stereocenters. The van der Waals surface area contributed by atoms with E-state index in [1.54, 1.807) is 12.1 Å². The highest BCUT2D eigenvalue weighted by Crippen LogP contribution is 2.05. The number of aliphatic imine (C=N–C) groups is 2. The number of rotatable bonds is 3. The van der Waals surface area contributed by atoms with Crippen LogP contribution in [-0.4, -0.2) is 12.9 Å². The van der Waals surface area contributed by atoms with Crippen molar-refractivity contribution in [3.63, 3.8) is 0 Å². The van der Waals surface area contributed by atoms with E-state index in [9.17, 15) is 0 Å². The highest BCUT2D eigenvalue weighted by Gasteiger charge is 2.00. The predicted octanol–water partition coefficient (Wildman–Crippen LogP) is 2.06. The van der Waals surface area contributed by atoms with Gasteiger partial charge >= 0.3 is 0 Å². The van der Waals surface area contributed by atoms with Gasteiger partial charge in [-0.25, -0.2) is 4.99 Å². The number of hydrogen-bond donors (Lipinski definition) is 0. The molecule has 1 aromatic carbocycles. The van der Waals surface area contributed by atoms with Gasteiger partial charge in [0.15, 0.2) is 11.4 Å². The minimum absolute atomic E-state index is 0.0404. The van der Waals surface area contributed by atoms with Crippen LogP contribution in [0.3, 0.4) is 0 Å². The molecule has 0 aliphatic heterocycles. The maximum absolute atomic E-state index is 8.78. The summed E-state index contributed by atoms with van der Waals surface area (Å²) in [7, 11) is 0. The molecule has 4 heteroatoms. The summed E-state index contributed by atoms with van der Waals surface area (Å²) in [6.07, 6.45) is 1.50. The lowest BCUT2D eigenvalue weighted by molar-refractivity contribution is 1.28. The van der Waals surface area contributed by atoms with Crippen LogP contribution >= 0.6 is 0 Å². The second-order valence-electron chi connectivity index (χ2n) is 2.75. The Labute approximate surface area is 93.5 Å². The molecule has 0 saturated carbocycles. The van der Waals surface area contributed by atoms with E-state index in [2.05, 4.69) is 16.7 Å². The molecule has 0 aliphatic rings. The Hall–Kier alpha value is -2.72. The van der Waals surface area contributed by atoms with Crippen molar-refractivity contribution in [1.82, 2.24) is 0 Å². The predicted molar refractivity (Wildman–Crippen MR) is 61.8 cm³/mol. The van der Waals surface area contributed by atoms with Gasteiger partial charge in [0.05, 0.1) is 0 Å². The SMILES string of the molecule is C=NC(C#N)=C(C#N)N=Cc1ccccc1. The number of nitrogens with zero attached hydrogens (tertiary/aromatic N) is 4. The zero-order valence-corrected chi connectivity index (χ0v) is 8.46. The molecule has 0 fully saturated rings. The van der Waals surface area contributed by atoms with Crippen molar-refractivity contribution in [2.75, 3.05) is 0 Å². The molecule has 0 aliphatic carbocycles. The van der Waals surface area contributed by atoms with Gasteiger partial charge in [0, 0.05) is 6.21 Å². The third kappa shape index (κ3) is 2.90. The lowest BCUT2D eigenvalue weighted by Crippen LogP contribution is -1.84. The van der Waals surface area contributed by atoms with Gasteiger partial charge in [-0.05, 0) is 12.3 Å². The minimum atomic E-state index is -0.0744. The topological polar surface area (TPSA) is 72.3 Å². The van der Waals surface area contributed by atoms with Gasteiger partial charge in [-0.1, -0.05) is 30.3 Å². The summed E-state index contributed by atoms with van der Waals surface area (Å²) in [5.74, 6) is 0. The van der Waals surface area contributed by atoms with Crippen molar-refractivity contribution in [3.8, 4) is 12.1 Å². The van der Waals surface area contributed by atoms with Gasteiger partial charge in [0.1, 0.15) is 12.1 Å². The smallest absolute Gasteiger partial charge is 0.176 e. The molecule has 16 heavy (non-hydrogen) atoms. The number of hydrogen-bond acceptors (Lipinski definition) is 4. The maximum atomic E-state index is 8.78. The Bertz CT molecular complexity index is 512. The van der Waals surface area contributed by atoms with E-state index < -0.39 is 0 Å². The van der Waals surface area contributed by atoms with Crippen LogP contribution in [0, 0.1) is 22.7 Å². The first-order valence-electron chi connectivity index (χ1n) is 4.42. The standard InChI is InChI=1S/C12H8N4/c1-15-11(7-13)12(8-14)16-9-10-5-3-2-4-6-10/h2-6,9H,1H2. The highest BCUT2D eigenvalue weighted by molar-refractivity contribution is 5.80. The lowest BCUT2D eigenvalue weighted by Gasteiger charge is -1.92. The molecular formula is C12H8N4. The molecule has 0 radical (unpaired) electrons. The number of nitriles is 2. The fourth-order valence-corrected chi connectivity index (χ4v) is 0.984. The van der Waals surface area contributed by atoms with Crippen LogP contribution in [0.4, 0.5) is 0 Å². The lowest BCUT2D eigenvalue weighted by atomic mass is 10.2. The summed E-state index contributed by atoms with van der Waals surface area (Å²) in [5, 5.41) is 17.4. The molecule has 0 N–H and O–H groups in total. The van der Waals surface area contributed by atoms with Crippen LogP contribution < -0.4 is 0 Å². The zero-order valence-electron chi connectivity index (χ0n) is 8.46. The Kier molecular flexibility index (Phi) is 4.18. The minimum Gasteiger partial charge on any atom is -0.251 e. The van der Waals surface area contributed by atoms with E-state index >= 15 is 0 Å². The largest absolute Gasteiger partial charge is 0.251 e. The van der Waals surface area contributed by atoms with Crippen molar-refractivity contribution in [2.45, 2.75) is 0 Å². The summed E-state index contributed by atoms with van der Waals surface area (Å²) in [4.78, 5) is 7.31. The first kappa shape index (κ1) is 11.4. The first-order chi connectivity index (χ1) is 7.81. The van der Waals surface area contributed by atoms with Gasteiger partial charge in [0.2, 0.25) is 0 Å². The summed E-state index contributed by atoms with van der Waals surface area (Å²) in [5.41, 5.74) is 0.729. The van der Waals surface area contributed by atoms with Crippen molar-refractivity contribution in [1.29, 1.82) is 10.5 Å². The molecular weight excluding hydrogens is 200 g/mol. The molecule has 0 spiro atoms. The monoisotopic (exact) mass is 208 g/mol. The molecule has 0 unspecified atom stereocenters. The number of benzene rings is 1. The van der Waals surface area contributed by atoms with Crippen molar-refractivity contribution in [3.05, 3.63) is 47.3 Å². The van der Waals surface area contributed by atoms with Crippen LogP contribution in [0.1, 0.15) is 5.56 Å². The van der Waals surface area contributed by atoms with Gasteiger partial charge in [-0.2, -0.15) is 10.5 Å². The van der Waals surface area contributed by atoms with Gasteiger partial charge in [-0.3, -0.25) is 4.99 Å². The van der Waals surface area contributed by atoms with Crippen molar-refractivity contribution < 1.29 is 0 Å². The Morgan fingerprint density at radius 2 is 1.75 bits per heavy atom. The normalized spacial score (nSPS) is 11.4. The Morgan fingerprint density at radius 1 is 1.12 bits per heavy atom. The molecule has 4 nitrogen and oxygen atoms in total. The molecule has 1 aromatic rings. The van der Waals surface area contributed by atoms with E-state index in [4.69, 9.17) is 10.5 Å². The van der Waals surface area contributed by atoms with Crippen LogP contribution in [0.25, 0.3) is 0 Å². The van der Waals surface area contributed by atoms with E-state index in [0.29, 0.717) is 0 Å². The molecule has 0 saturated heterocycles. The summed E-state index contributed by atoms with van der Waals surface area (Å²) in [6, 6.07) is 12.8. The van der Waals surface area contributed by atoms with Crippen LogP contribution in [-0.2, 0) is 0 Å². The van der Waals surface area contributed by atoms with E-state index in [1.165, 1.54) is 6.21 Å². The van der Waals surface area contributed by atoms with Crippen LogP contribution in [0.2, 0.25) is 0 Å². The third-order valence-electron chi connectivity index (χ3n) is 1.74. The van der Waals surface area contributed by atoms with Gasteiger partial charge < -0.3 is 0 Å². The summed E-state index contributed by atoms with van der Waals surface area (Å²) in [6.45, 7) is 3.20. The Morgan fingerprint density at radius 3 is 2.25 bits per heavy atom. The zero-order chi connectivity index (χ0) is 11.8. The van der Waals surface area contributed by atoms with Gasteiger partial charge in [-0.15, -0.1) is 0 Å². The summed E-state index contributed by atoms with van der Waals surface area (Å²) < 4.78 is 0. The van der Waals surface area contributed by atoms with Crippen molar-refractivity contribution in [2.24, 2.45) is 9.98 Å². The average Bonchev–Trinajstić information content (AvgIpc) is 2.35. The van der Waals surface area contributed by atoms with E-state index in [0.717, 1.165) is 5.56 Å². The quantitative estimate of drug-likeness (QED) is 0.563. The van der Waals surface area contributed by atoms with Crippen LogP contribution in [0.15, 0.2) is 51.7 Å². The van der Waals surface area contributed by atoms with Gasteiger partial charge in [0.25, 0.3) is 0 Å². The second-order valence-corrected chi connectivity index (χ2v) is 2.75. The highest BCUT2D eigenvalue weighted by atomic mass is 14.8. The van der Waals surface area contributed by atoms with Crippen molar-refractivity contribution >= 4 is 12.9 Å². The summed E-state index contributed by atoms with van der Waals surface area (Å²) >= 11 is 0. The van der Waals surface area contributed by atoms with E-state index in [-0.39, 0.29) is 11.4 Å². The molecule has 76 valence electrons. The number of allylic oxidation sites excluding steroid dienone is 2. The fourth-order valence-electron chi connectivity index (χ4n) is 0.984. The first-order valence-corrected chi connectivity index (χ1v) is 4.42. The molecule has 1 rings (SSSR count). The molecule has 0 aromatic heterocycles. The third-order valence-corrected chi connectivity index (χ3v) is 1.74. The molecule has 0 amide bonds. The Balaban J connectivity index is 3.02. The molecule has 0 bridgehead atoms. The maximum Gasteiger partial charge on any atom is 0.176 e. The fraction of sp³-hybridized carbons (Fsp3) is 0. The van der Waals surface area contributed by atoms with Crippen LogP contribution in [0.5, 0.6) is 0 Å². The second kappa shape index (κ2) is 5.90. The van der Waals surface area contributed by atoms with E-state index in [1.807, 2.05) is 30.3 Å².